The van der Waals surface area contributed by atoms with Gasteiger partial charge in [0.2, 0.25) is 5.91 Å². The van der Waals surface area contributed by atoms with Gasteiger partial charge >= 0.3 is 0 Å². The topological polar surface area (TPSA) is 41.1 Å². The van der Waals surface area contributed by atoms with Crippen LogP contribution in [-0.2, 0) is 4.79 Å². The first-order valence-electron chi connectivity index (χ1n) is 8.10. The maximum atomic E-state index is 11.9. The van der Waals surface area contributed by atoms with Crippen molar-refractivity contribution in [2.45, 2.75) is 71.8 Å². The van der Waals surface area contributed by atoms with Crippen LogP contribution in [0.5, 0.6) is 0 Å². The second-order valence-electron chi connectivity index (χ2n) is 6.47. The van der Waals surface area contributed by atoms with Gasteiger partial charge in [-0.15, -0.1) is 0 Å². The summed E-state index contributed by atoms with van der Waals surface area (Å²) in [6.45, 7) is 8.44. The molecule has 19 heavy (non-hydrogen) atoms. The summed E-state index contributed by atoms with van der Waals surface area (Å²) in [6, 6.07) is 0.574. The fourth-order valence-electron chi connectivity index (χ4n) is 2.61. The summed E-state index contributed by atoms with van der Waals surface area (Å²) in [6.07, 6.45) is 8.49. The Hall–Kier alpha value is -0.570. The highest BCUT2D eigenvalue weighted by Crippen LogP contribution is 2.14. The molecule has 0 aromatic heterocycles. The summed E-state index contributed by atoms with van der Waals surface area (Å²) in [5, 5.41) is 6.47. The third kappa shape index (κ3) is 7.56. The minimum atomic E-state index is 0.192. The Balaban J connectivity index is 1.95. The highest BCUT2D eigenvalue weighted by molar-refractivity contribution is 5.78. The molecule has 0 aromatic rings. The Labute approximate surface area is 118 Å². The second kappa shape index (κ2) is 9.35. The first-order valence-corrected chi connectivity index (χ1v) is 8.10. The fraction of sp³-hybridized carbons (Fsp3) is 0.938. The van der Waals surface area contributed by atoms with Crippen LogP contribution in [0.1, 0.15) is 65.7 Å². The van der Waals surface area contributed by atoms with Crippen molar-refractivity contribution in [3.8, 4) is 0 Å². The molecule has 0 aliphatic carbocycles. The molecule has 1 aliphatic rings. The predicted octanol–water partition coefficient (Wildman–Crippen LogP) is 3.10. The van der Waals surface area contributed by atoms with Gasteiger partial charge in [-0.05, 0) is 32.1 Å². The molecule has 2 atom stereocenters. The second-order valence-corrected chi connectivity index (χ2v) is 6.47. The molecule has 0 aromatic carbocycles. The zero-order valence-corrected chi connectivity index (χ0v) is 13.0. The van der Waals surface area contributed by atoms with Gasteiger partial charge in [0.05, 0.1) is 5.92 Å². The molecule has 1 fully saturated rings. The van der Waals surface area contributed by atoms with Gasteiger partial charge in [-0.2, -0.15) is 0 Å². The van der Waals surface area contributed by atoms with E-state index in [2.05, 4.69) is 31.4 Å². The molecule has 1 saturated heterocycles. The van der Waals surface area contributed by atoms with Gasteiger partial charge < -0.3 is 10.6 Å². The monoisotopic (exact) mass is 268 g/mol. The molecule has 2 N–H and O–H groups in total. The summed E-state index contributed by atoms with van der Waals surface area (Å²) in [5.41, 5.74) is 0. The zero-order chi connectivity index (χ0) is 14.1. The van der Waals surface area contributed by atoms with E-state index in [9.17, 15) is 4.79 Å². The molecule has 0 spiro atoms. The van der Waals surface area contributed by atoms with Gasteiger partial charge in [-0.1, -0.05) is 39.5 Å². The Kier molecular flexibility index (Phi) is 8.11. The maximum Gasteiger partial charge on any atom is 0.224 e. The zero-order valence-electron chi connectivity index (χ0n) is 13.0. The van der Waals surface area contributed by atoms with Crippen LogP contribution in [0.4, 0.5) is 0 Å². The van der Waals surface area contributed by atoms with Crippen molar-refractivity contribution >= 4 is 5.91 Å². The quantitative estimate of drug-likeness (QED) is 0.664. The smallest absolute Gasteiger partial charge is 0.224 e. The molecule has 0 radical (unpaired) electrons. The minimum absolute atomic E-state index is 0.192. The van der Waals surface area contributed by atoms with Gasteiger partial charge in [0.1, 0.15) is 0 Å². The van der Waals surface area contributed by atoms with Gasteiger partial charge in [0.25, 0.3) is 0 Å². The molecule has 0 bridgehead atoms. The number of rotatable bonds is 8. The third-order valence-corrected chi connectivity index (χ3v) is 4.04. The standard InChI is InChI=1S/C16H32N2O/c1-13(2)8-6-4-5-7-11-17-16(19)15-10-9-14(3)18-12-15/h13-15,18H,4-12H2,1-3H3,(H,17,19). The number of unbranched alkanes of at least 4 members (excludes halogenated alkanes) is 3. The molecule has 112 valence electrons. The average Bonchev–Trinajstić information content (AvgIpc) is 2.38. The van der Waals surface area contributed by atoms with Crippen LogP contribution < -0.4 is 10.6 Å². The highest BCUT2D eigenvalue weighted by Gasteiger charge is 2.23. The molecule has 1 heterocycles. The normalized spacial score (nSPS) is 23.6. The lowest BCUT2D eigenvalue weighted by molar-refractivity contribution is -0.125. The van der Waals surface area contributed by atoms with Gasteiger partial charge in [-0.3, -0.25) is 4.79 Å². The van der Waals surface area contributed by atoms with E-state index in [1.165, 1.54) is 25.7 Å². The minimum Gasteiger partial charge on any atom is -0.356 e. The van der Waals surface area contributed by atoms with Gasteiger partial charge in [0.15, 0.2) is 0 Å². The molecular formula is C16H32N2O. The molecule has 1 amide bonds. The van der Waals surface area contributed by atoms with Crippen LogP contribution in [0.3, 0.4) is 0 Å². The molecule has 2 unspecified atom stereocenters. The lowest BCUT2D eigenvalue weighted by Crippen LogP contribution is -2.44. The summed E-state index contributed by atoms with van der Waals surface area (Å²) >= 11 is 0. The predicted molar refractivity (Wildman–Crippen MR) is 81.1 cm³/mol. The van der Waals surface area contributed by atoms with Crippen LogP contribution >= 0.6 is 0 Å². The Morgan fingerprint density at radius 1 is 1.21 bits per heavy atom. The van der Waals surface area contributed by atoms with E-state index in [1.807, 2.05) is 0 Å². The van der Waals surface area contributed by atoms with Crippen molar-refractivity contribution in [2.75, 3.05) is 13.1 Å². The van der Waals surface area contributed by atoms with E-state index in [1.54, 1.807) is 0 Å². The van der Waals surface area contributed by atoms with Crippen molar-refractivity contribution in [1.29, 1.82) is 0 Å². The summed E-state index contributed by atoms with van der Waals surface area (Å²) in [4.78, 5) is 11.9. The highest BCUT2D eigenvalue weighted by atomic mass is 16.1. The number of carbonyl (C=O) groups excluding carboxylic acids is 1. The molecule has 0 saturated carbocycles. The number of hydrogen-bond donors (Lipinski definition) is 2. The van der Waals surface area contributed by atoms with E-state index in [0.717, 1.165) is 38.3 Å². The van der Waals surface area contributed by atoms with Crippen molar-refractivity contribution in [1.82, 2.24) is 10.6 Å². The molecule has 1 rings (SSSR count). The molecule has 3 heteroatoms. The molecule has 1 aliphatic heterocycles. The lowest BCUT2D eigenvalue weighted by Gasteiger charge is -2.26. The van der Waals surface area contributed by atoms with E-state index in [0.29, 0.717) is 6.04 Å². The van der Waals surface area contributed by atoms with Crippen LogP contribution in [0.2, 0.25) is 0 Å². The maximum absolute atomic E-state index is 11.9. The van der Waals surface area contributed by atoms with Crippen molar-refractivity contribution in [3.63, 3.8) is 0 Å². The average molecular weight is 268 g/mol. The van der Waals surface area contributed by atoms with Crippen LogP contribution in [-0.4, -0.2) is 25.0 Å². The van der Waals surface area contributed by atoms with Crippen LogP contribution in [0.25, 0.3) is 0 Å². The van der Waals surface area contributed by atoms with E-state index >= 15 is 0 Å². The van der Waals surface area contributed by atoms with Gasteiger partial charge in [0, 0.05) is 19.1 Å². The Morgan fingerprint density at radius 3 is 2.58 bits per heavy atom. The summed E-state index contributed by atoms with van der Waals surface area (Å²) < 4.78 is 0. The number of hydrogen-bond acceptors (Lipinski definition) is 2. The number of piperidine rings is 1. The summed E-state index contributed by atoms with van der Waals surface area (Å²) in [5.74, 6) is 1.26. The van der Waals surface area contributed by atoms with E-state index in [4.69, 9.17) is 0 Å². The van der Waals surface area contributed by atoms with Crippen molar-refractivity contribution in [3.05, 3.63) is 0 Å². The van der Waals surface area contributed by atoms with E-state index in [-0.39, 0.29) is 11.8 Å². The lowest BCUT2D eigenvalue weighted by atomic mass is 9.95. The van der Waals surface area contributed by atoms with Gasteiger partial charge in [-0.25, -0.2) is 0 Å². The third-order valence-electron chi connectivity index (χ3n) is 4.04. The SMILES string of the molecule is CC(C)CCCCCCNC(=O)C1CCC(C)NC1. The Bertz CT molecular complexity index is 245. The van der Waals surface area contributed by atoms with E-state index < -0.39 is 0 Å². The molecular weight excluding hydrogens is 236 g/mol. The largest absolute Gasteiger partial charge is 0.356 e. The number of carbonyl (C=O) groups is 1. The fourth-order valence-corrected chi connectivity index (χ4v) is 2.61. The summed E-state index contributed by atoms with van der Waals surface area (Å²) in [7, 11) is 0. The molecule has 3 nitrogen and oxygen atoms in total. The number of nitrogens with one attached hydrogen (secondary N) is 2. The number of amides is 1. The van der Waals surface area contributed by atoms with Crippen LogP contribution in [0.15, 0.2) is 0 Å². The van der Waals surface area contributed by atoms with Crippen molar-refractivity contribution in [2.24, 2.45) is 11.8 Å². The Morgan fingerprint density at radius 2 is 1.95 bits per heavy atom. The van der Waals surface area contributed by atoms with Crippen molar-refractivity contribution < 1.29 is 4.79 Å². The first-order chi connectivity index (χ1) is 9.09. The van der Waals surface area contributed by atoms with Crippen LogP contribution in [0, 0.1) is 11.8 Å². The first kappa shape index (κ1) is 16.5.